The van der Waals surface area contributed by atoms with Crippen LogP contribution in [0.4, 0.5) is 26.3 Å². The molecule has 0 aliphatic rings. The molecule has 166 valence electrons. The summed E-state index contributed by atoms with van der Waals surface area (Å²) in [5.41, 5.74) is 6.50. The molecule has 1 rings (SSSR count). The SMILES string of the molecule is CC(=O)NC(N)=NCCCc1cnc[nH]1.O=C(O)C(F)(F)F.O=C(O)C(F)(F)F. The van der Waals surface area contributed by atoms with Crippen molar-refractivity contribution in [2.45, 2.75) is 32.1 Å². The van der Waals surface area contributed by atoms with Crippen LogP contribution in [0.1, 0.15) is 19.0 Å². The van der Waals surface area contributed by atoms with Crippen molar-refractivity contribution >= 4 is 23.8 Å². The highest BCUT2D eigenvalue weighted by atomic mass is 19.4. The number of rotatable bonds is 4. The number of nitrogens with one attached hydrogen (secondary N) is 2. The van der Waals surface area contributed by atoms with Gasteiger partial charge >= 0.3 is 24.3 Å². The second-order valence-corrected chi connectivity index (χ2v) is 4.73. The Morgan fingerprint density at radius 2 is 1.59 bits per heavy atom. The van der Waals surface area contributed by atoms with Crippen molar-refractivity contribution in [2.75, 3.05) is 6.54 Å². The van der Waals surface area contributed by atoms with Gasteiger partial charge in [0.15, 0.2) is 5.96 Å². The zero-order valence-electron chi connectivity index (χ0n) is 14.6. The molecule has 0 aliphatic carbocycles. The first-order valence-corrected chi connectivity index (χ1v) is 7.22. The van der Waals surface area contributed by atoms with E-state index in [4.69, 9.17) is 25.5 Å². The lowest BCUT2D eigenvalue weighted by Gasteiger charge is -2.00. The van der Waals surface area contributed by atoms with Crippen LogP contribution in [0, 0.1) is 0 Å². The average molecular weight is 437 g/mol. The summed E-state index contributed by atoms with van der Waals surface area (Å²) in [4.78, 5) is 39.3. The van der Waals surface area contributed by atoms with Crippen molar-refractivity contribution in [3.05, 3.63) is 18.2 Å². The number of nitrogens with zero attached hydrogens (tertiary/aromatic N) is 2. The molecule has 0 spiro atoms. The quantitative estimate of drug-likeness (QED) is 0.203. The Balaban J connectivity index is 0. The van der Waals surface area contributed by atoms with Crippen LogP contribution in [-0.2, 0) is 20.8 Å². The van der Waals surface area contributed by atoms with Gasteiger partial charge in [-0.2, -0.15) is 26.3 Å². The van der Waals surface area contributed by atoms with Gasteiger partial charge < -0.3 is 20.9 Å². The van der Waals surface area contributed by atoms with Gasteiger partial charge in [-0.1, -0.05) is 0 Å². The van der Waals surface area contributed by atoms with Gasteiger partial charge in [-0.3, -0.25) is 15.1 Å². The smallest absolute Gasteiger partial charge is 0.475 e. The minimum Gasteiger partial charge on any atom is -0.475 e. The first kappa shape index (κ1) is 27.9. The van der Waals surface area contributed by atoms with Crippen molar-refractivity contribution in [1.82, 2.24) is 15.3 Å². The fourth-order valence-corrected chi connectivity index (χ4v) is 1.11. The molecule has 0 saturated carbocycles. The number of aryl methyl sites for hydroxylation is 1. The fourth-order valence-electron chi connectivity index (χ4n) is 1.11. The number of aromatic nitrogens is 2. The predicted molar refractivity (Wildman–Crippen MR) is 84.6 cm³/mol. The van der Waals surface area contributed by atoms with E-state index in [2.05, 4.69) is 20.3 Å². The second-order valence-electron chi connectivity index (χ2n) is 4.73. The number of amides is 1. The lowest BCUT2D eigenvalue weighted by atomic mass is 10.2. The Hall–Kier alpha value is -3.33. The summed E-state index contributed by atoms with van der Waals surface area (Å²) in [7, 11) is 0. The monoisotopic (exact) mass is 437 g/mol. The topological polar surface area (TPSA) is 171 Å². The maximum Gasteiger partial charge on any atom is 0.490 e. The maximum atomic E-state index is 10.6. The number of aliphatic carboxylic acids is 2. The molecular formula is C13H17F6N5O5. The number of imidazole rings is 1. The van der Waals surface area contributed by atoms with Crippen LogP contribution in [0.15, 0.2) is 17.5 Å². The zero-order valence-corrected chi connectivity index (χ0v) is 14.6. The summed E-state index contributed by atoms with van der Waals surface area (Å²) >= 11 is 0. The summed E-state index contributed by atoms with van der Waals surface area (Å²) < 4.78 is 63.5. The van der Waals surface area contributed by atoms with Gasteiger partial charge in [0.05, 0.1) is 6.33 Å². The number of carbonyl (C=O) groups excluding carboxylic acids is 1. The molecule has 0 unspecified atom stereocenters. The van der Waals surface area contributed by atoms with Gasteiger partial charge in [-0.05, 0) is 12.8 Å². The van der Waals surface area contributed by atoms with Gasteiger partial charge in [-0.15, -0.1) is 0 Å². The van der Waals surface area contributed by atoms with Gasteiger partial charge in [0, 0.05) is 25.4 Å². The molecule has 6 N–H and O–H groups in total. The van der Waals surface area contributed by atoms with E-state index in [0.29, 0.717) is 6.54 Å². The molecule has 1 heterocycles. The first-order chi connectivity index (χ1) is 13.1. The van der Waals surface area contributed by atoms with Crippen LogP contribution in [0.2, 0.25) is 0 Å². The van der Waals surface area contributed by atoms with Gasteiger partial charge in [0.2, 0.25) is 5.91 Å². The maximum absolute atomic E-state index is 10.6. The number of carboxylic acid groups (broad SMARTS) is 2. The van der Waals surface area contributed by atoms with Crippen molar-refractivity contribution in [1.29, 1.82) is 0 Å². The summed E-state index contributed by atoms with van der Waals surface area (Å²) in [5.74, 6) is -5.54. The summed E-state index contributed by atoms with van der Waals surface area (Å²) in [6.45, 7) is 1.98. The van der Waals surface area contributed by atoms with Crippen LogP contribution < -0.4 is 11.1 Å². The number of carbonyl (C=O) groups is 3. The van der Waals surface area contributed by atoms with E-state index in [-0.39, 0.29) is 11.9 Å². The highest BCUT2D eigenvalue weighted by Gasteiger charge is 2.38. The highest BCUT2D eigenvalue weighted by molar-refractivity contribution is 5.94. The van der Waals surface area contributed by atoms with E-state index in [0.717, 1.165) is 18.5 Å². The number of hydrogen-bond acceptors (Lipinski definition) is 5. The molecule has 0 aromatic carbocycles. The Kier molecular flexibility index (Phi) is 12.5. The van der Waals surface area contributed by atoms with Crippen LogP contribution in [0.25, 0.3) is 0 Å². The van der Waals surface area contributed by atoms with E-state index in [9.17, 15) is 31.1 Å². The molecule has 1 aromatic heterocycles. The number of aromatic amines is 1. The van der Waals surface area contributed by atoms with Gasteiger partial charge in [-0.25, -0.2) is 14.6 Å². The third-order valence-corrected chi connectivity index (χ3v) is 2.23. The molecule has 1 aromatic rings. The van der Waals surface area contributed by atoms with Crippen molar-refractivity contribution < 1.29 is 50.9 Å². The number of aliphatic imine (C=N–C) groups is 1. The van der Waals surface area contributed by atoms with Crippen molar-refractivity contribution in [3.63, 3.8) is 0 Å². The summed E-state index contributed by atoms with van der Waals surface area (Å²) in [5, 5.41) is 16.7. The normalized spacial score (nSPS) is 11.3. The van der Waals surface area contributed by atoms with Gasteiger partial charge in [0.1, 0.15) is 0 Å². The molecule has 0 bridgehead atoms. The minimum absolute atomic E-state index is 0.173. The molecule has 0 saturated heterocycles. The second kappa shape index (κ2) is 12.9. The highest BCUT2D eigenvalue weighted by Crippen LogP contribution is 2.13. The van der Waals surface area contributed by atoms with Crippen LogP contribution in [0.5, 0.6) is 0 Å². The lowest BCUT2D eigenvalue weighted by molar-refractivity contribution is -0.193. The minimum atomic E-state index is -5.08. The molecule has 0 atom stereocenters. The number of halogens is 6. The molecule has 0 fully saturated rings. The van der Waals surface area contributed by atoms with E-state index in [1.165, 1.54) is 6.92 Å². The number of H-pyrrole nitrogens is 1. The fraction of sp³-hybridized carbons (Fsp3) is 0.462. The van der Waals surface area contributed by atoms with Crippen LogP contribution in [-0.4, -0.2) is 62.9 Å². The number of carboxylic acids is 2. The summed E-state index contributed by atoms with van der Waals surface area (Å²) in [6, 6.07) is 0. The zero-order chi connectivity index (χ0) is 23.3. The predicted octanol–water partition coefficient (Wildman–Crippen LogP) is 1.06. The third kappa shape index (κ3) is 17.8. The van der Waals surface area contributed by atoms with E-state index in [1.807, 2.05) is 0 Å². The van der Waals surface area contributed by atoms with E-state index in [1.54, 1.807) is 12.5 Å². The number of guanidine groups is 1. The summed E-state index contributed by atoms with van der Waals surface area (Å²) in [6.07, 6.45) is -5.01. The van der Waals surface area contributed by atoms with Crippen molar-refractivity contribution in [2.24, 2.45) is 10.7 Å². The van der Waals surface area contributed by atoms with Crippen molar-refractivity contribution in [3.8, 4) is 0 Å². The molecule has 29 heavy (non-hydrogen) atoms. The van der Waals surface area contributed by atoms with Crippen LogP contribution in [0.3, 0.4) is 0 Å². The molecule has 16 heteroatoms. The molecule has 0 radical (unpaired) electrons. The van der Waals surface area contributed by atoms with Crippen LogP contribution >= 0.6 is 0 Å². The number of nitrogens with two attached hydrogens (primary N) is 1. The molecule has 1 amide bonds. The Labute approximate surface area is 158 Å². The third-order valence-electron chi connectivity index (χ3n) is 2.23. The number of alkyl halides is 6. The standard InChI is InChI=1S/C9H15N5O.2C2HF3O2/c1-7(15)14-9(10)12-4-2-3-8-5-11-6-13-8;2*3-2(4,5)1(6)7/h5-6H,2-4H2,1H3,(H,11,13)(H3,10,12,14,15);2*(H,6,7). The van der Waals surface area contributed by atoms with E-state index < -0.39 is 24.3 Å². The molecule has 0 aliphatic heterocycles. The Morgan fingerprint density at radius 1 is 1.14 bits per heavy atom. The molecule has 10 nitrogen and oxygen atoms in total. The van der Waals surface area contributed by atoms with E-state index >= 15 is 0 Å². The Bertz CT molecular complexity index is 649. The average Bonchev–Trinajstić information content (AvgIpc) is 3.03. The largest absolute Gasteiger partial charge is 0.490 e. The number of hydrogen-bond donors (Lipinski definition) is 5. The first-order valence-electron chi connectivity index (χ1n) is 7.22. The lowest BCUT2D eigenvalue weighted by Crippen LogP contribution is -2.35. The Morgan fingerprint density at radius 3 is 1.90 bits per heavy atom. The van der Waals surface area contributed by atoms with Gasteiger partial charge in [0.25, 0.3) is 0 Å². The molecular weight excluding hydrogens is 420 g/mol.